The average Bonchev–Trinajstić information content (AvgIpc) is 2.98. The second-order valence-corrected chi connectivity index (χ2v) is 4.79. The van der Waals surface area contributed by atoms with Crippen LogP contribution in [-0.2, 0) is 10.3 Å². The fraction of sp³-hybridized carbons (Fsp3) is 0.818. The van der Waals surface area contributed by atoms with Gasteiger partial charge in [-0.3, -0.25) is 0 Å². The Morgan fingerprint density at radius 3 is 3.06 bits per heavy atom. The van der Waals surface area contributed by atoms with Crippen LogP contribution in [0.5, 0.6) is 0 Å². The molecule has 0 bridgehead atoms. The van der Waals surface area contributed by atoms with Crippen molar-refractivity contribution in [2.24, 2.45) is 0 Å². The molecule has 16 heavy (non-hydrogen) atoms. The van der Waals surface area contributed by atoms with Gasteiger partial charge in [0, 0.05) is 6.61 Å². The fourth-order valence-corrected chi connectivity index (χ4v) is 2.44. The van der Waals surface area contributed by atoms with E-state index in [1.165, 1.54) is 6.42 Å². The summed E-state index contributed by atoms with van der Waals surface area (Å²) in [5, 5.41) is 7.42. The van der Waals surface area contributed by atoms with Crippen LogP contribution in [0.3, 0.4) is 0 Å². The summed E-state index contributed by atoms with van der Waals surface area (Å²) in [7, 11) is 0. The number of hydrogen-bond acceptors (Lipinski definition) is 5. The first-order valence-electron chi connectivity index (χ1n) is 5.99. The highest BCUT2D eigenvalue weighted by Crippen LogP contribution is 2.34. The molecule has 2 fully saturated rings. The third-order valence-electron chi connectivity index (χ3n) is 3.49. The maximum absolute atomic E-state index is 5.70. The van der Waals surface area contributed by atoms with Crippen molar-refractivity contribution in [2.75, 3.05) is 13.2 Å². The summed E-state index contributed by atoms with van der Waals surface area (Å²) < 4.78 is 11.0. The standard InChI is InChI=1S/C11H17N3O2/c1-11(5-3-7-15-11)10-13-9(16-14-10)8-4-2-6-12-8/h8,12H,2-7H2,1H3. The van der Waals surface area contributed by atoms with Gasteiger partial charge in [0.1, 0.15) is 5.60 Å². The Labute approximate surface area is 94.6 Å². The van der Waals surface area contributed by atoms with Crippen molar-refractivity contribution < 1.29 is 9.26 Å². The van der Waals surface area contributed by atoms with Gasteiger partial charge in [0.2, 0.25) is 11.7 Å². The van der Waals surface area contributed by atoms with Crippen LogP contribution in [0.4, 0.5) is 0 Å². The molecule has 3 heterocycles. The molecule has 2 unspecified atom stereocenters. The Bertz CT molecular complexity index is 365. The summed E-state index contributed by atoms with van der Waals surface area (Å²) in [6, 6.07) is 0.242. The number of ether oxygens (including phenoxy) is 1. The summed E-state index contributed by atoms with van der Waals surface area (Å²) in [6.07, 6.45) is 4.31. The smallest absolute Gasteiger partial charge is 0.243 e. The summed E-state index contributed by atoms with van der Waals surface area (Å²) in [5.74, 6) is 1.41. The molecule has 2 saturated heterocycles. The van der Waals surface area contributed by atoms with Gasteiger partial charge in [-0.2, -0.15) is 4.98 Å². The predicted molar refractivity (Wildman–Crippen MR) is 56.8 cm³/mol. The van der Waals surface area contributed by atoms with Crippen LogP contribution in [0.15, 0.2) is 4.52 Å². The monoisotopic (exact) mass is 223 g/mol. The molecule has 3 rings (SSSR count). The van der Waals surface area contributed by atoms with Gasteiger partial charge in [-0.1, -0.05) is 5.16 Å². The molecular weight excluding hydrogens is 206 g/mol. The lowest BCUT2D eigenvalue weighted by Crippen LogP contribution is -2.22. The van der Waals surface area contributed by atoms with Gasteiger partial charge >= 0.3 is 0 Å². The molecule has 0 aliphatic carbocycles. The first-order chi connectivity index (χ1) is 7.78. The molecule has 5 heteroatoms. The van der Waals surface area contributed by atoms with Crippen LogP contribution in [0.2, 0.25) is 0 Å². The van der Waals surface area contributed by atoms with E-state index in [4.69, 9.17) is 9.26 Å². The lowest BCUT2D eigenvalue weighted by molar-refractivity contribution is 0.00768. The molecule has 1 aromatic rings. The van der Waals surface area contributed by atoms with Crippen molar-refractivity contribution in [3.63, 3.8) is 0 Å². The van der Waals surface area contributed by atoms with Crippen LogP contribution >= 0.6 is 0 Å². The zero-order valence-electron chi connectivity index (χ0n) is 9.53. The SMILES string of the molecule is CC1(c2noc(C3CCCN3)n2)CCCO1. The summed E-state index contributed by atoms with van der Waals surface area (Å²) in [6.45, 7) is 3.87. The number of aromatic nitrogens is 2. The maximum atomic E-state index is 5.70. The Balaban J connectivity index is 1.81. The first-order valence-corrected chi connectivity index (χ1v) is 5.99. The van der Waals surface area contributed by atoms with E-state index < -0.39 is 0 Å². The fourth-order valence-electron chi connectivity index (χ4n) is 2.44. The second-order valence-electron chi connectivity index (χ2n) is 4.79. The molecule has 0 saturated carbocycles. The Kier molecular flexibility index (Phi) is 2.44. The van der Waals surface area contributed by atoms with E-state index in [0.29, 0.717) is 11.7 Å². The van der Waals surface area contributed by atoms with Gasteiger partial charge in [-0.05, 0) is 39.2 Å². The Hall–Kier alpha value is -0.940. The van der Waals surface area contributed by atoms with E-state index in [-0.39, 0.29) is 11.6 Å². The van der Waals surface area contributed by atoms with E-state index in [2.05, 4.69) is 15.5 Å². The minimum Gasteiger partial charge on any atom is -0.367 e. The highest BCUT2D eigenvalue weighted by molar-refractivity contribution is 5.04. The van der Waals surface area contributed by atoms with Crippen molar-refractivity contribution in [2.45, 2.75) is 44.2 Å². The summed E-state index contributed by atoms with van der Waals surface area (Å²) in [5.41, 5.74) is -0.333. The van der Waals surface area contributed by atoms with Crippen LogP contribution in [0, 0.1) is 0 Å². The van der Waals surface area contributed by atoms with Crippen molar-refractivity contribution >= 4 is 0 Å². The van der Waals surface area contributed by atoms with Gasteiger partial charge in [0.25, 0.3) is 0 Å². The molecule has 0 radical (unpaired) electrons. The predicted octanol–water partition coefficient (Wildman–Crippen LogP) is 1.52. The average molecular weight is 223 g/mol. The first kappa shape index (κ1) is 10.2. The van der Waals surface area contributed by atoms with Crippen LogP contribution in [-0.4, -0.2) is 23.3 Å². The van der Waals surface area contributed by atoms with Crippen LogP contribution in [0.1, 0.15) is 50.4 Å². The summed E-state index contributed by atoms with van der Waals surface area (Å²) in [4.78, 5) is 4.48. The van der Waals surface area contributed by atoms with Gasteiger partial charge in [0.15, 0.2) is 0 Å². The molecule has 88 valence electrons. The highest BCUT2D eigenvalue weighted by Gasteiger charge is 2.37. The lowest BCUT2D eigenvalue weighted by Gasteiger charge is -2.17. The number of rotatable bonds is 2. The van der Waals surface area contributed by atoms with E-state index in [0.717, 1.165) is 32.4 Å². The number of nitrogens with zero attached hydrogens (tertiary/aromatic N) is 2. The molecule has 2 atom stereocenters. The third kappa shape index (κ3) is 1.64. The second kappa shape index (κ2) is 3.82. The molecule has 0 amide bonds. The van der Waals surface area contributed by atoms with Gasteiger partial charge < -0.3 is 14.6 Å². The van der Waals surface area contributed by atoms with Crippen molar-refractivity contribution in [3.8, 4) is 0 Å². The Morgan fingerprint density at radius 1 is 1.44 bits per heavy atom. The van der Waals surface area contributed by atoms with Gasteiger partial charge in [0.05, 0.1) is 6.04 Å². The van der Waals surface area contributed by atoms with Crippen molar-refractivity contribution in [1.82, 2.24) is 15.5 Å². The van der Waals surface area contributed by atoms with Crippen molar-refractivity contribution in [1.29, 1.82) is 0 Å². The third-order valence-corrected chi connectivity index (χ3v) is 3.49. The van der Waals surface area contributed by atoms with Gasteiger partial charge in [-0.15, -0.1) is 0 Å². The maximum Gasteiger partial charge on any atom is 0.243 e. The van der Waals surface area contributed by atoms with E-state index >= 15 is 0 Å². The lowest BCUT2D eigenvalue weighted by atomic mass is 10.0. The zero-order chi connectivity index (χ0) is 11.0. The minimum absolute atomic E-state index is 0.242. The molecule has 2 aliphatic rings. The van der Waals surface area contributed by atoms with Crippen molar-refractivity contribution in [3.05, 3.63) is 11.7 Å². The number of nitrogens with one attached hydrogen (secondary N) is 1. The van der Waals surface area contributed by atoms with Gasteiger partial charge in [-0.25, -0.2) is 0 Å². The zero-order valence-corrected chi connectivity index (χ0v) is 9.53. The van der Waals surface area contributed by atoms with E-state index in [1.54, 1.807) is 0 Å². The molecule has 2 aliphatic heterocycles. The molecule has 1 aromatic heterocycles. The quantitative estimate of drug-likeness (QED) is 0.823. The molecule has 0 aromatic carbocycles. The minimum atomic E-state index is -0.333. The van der Waals surface area contributed by atoms with Crippen LogP contribution < -0.4 is 5.32 Å². The molecule has 5 nitrogen and oxygen atoms in total. The largest absolute Gasteiger partial charge is 0.367 e. The van der Waals surface area contributed by atoms with E-state index in [9.17, 15) is 0 Å². The highest BCUT2D eigenvalue weighted by atomic mass is 16.5. The number of hydrogen-bond donors (Lipinski definition) is 1. The van der Waals surface area contributed by atoms with E-state index in [1.807, 2.05) is 6.92 Å². The molecule has 1 N–H and O–H groups in total. The normalized spacial score (nSPS) is 34.7. The summed E-state index contributed by atoms with van der Waals surface area (Å²) >= 11 is 0. The Morgan fingerprint density at radius 2 is 2.38 bits per heavy atom. The van der Waals surface area contributed by atoms with Crippen LogP contribution in [0.25, 0.3) is 0 Å². The molecular formula is C11H17N3O2. The topological polar surface area (TPSA) is 60.2 Å². The molecule has 0 spiro atoms.